The molecule has 108 valence electrons. The summed E-state index contributed by atoms with van der Waals surface area (Å²) in [6, 6.07) is 0. The van der Waals surface area contributed by atoms with Crippen LogP contribution in [0.15, 0.2) is 6.33 Å². The van der Waals surface area contributed by atoms with E-state index in [0.29, 0.717) is 5.92 Å². The van der Waals surface area contributed by atoms with Crippen LogP contribution in [0.3, 0.4) is 0 Å². The Morgan fingerprint density at radius 2 is 1.95 bits per heavy atom. The SMILES string of the molecule is CC1CC(O)c2ncnc(N3CCNCC3)c21.Cl.Cl. The summed E-state index contributed by atoms with van der Waals surface area (Å²) in [4.78, 5) is 11.0. The highest BCUT2D eigenvalue weighted by Gasteiger charge is 2.32. The number of hydrogen-bond acceptors (Lipinski definition) is 5. The zero-order valence-electron chi connectivity index (χ0n) is 10.9. The first-order chi connectivity index (χ1) is 8.27. The largest absolute Gasteiger partial charge is 0.387 e. The Hall–Kier alpha value is -0.620. The van der Waals surface area contributed by atoms with E-state index in [4.69, 9.17) is 0 Å². The van der Waals surface area contributed by atoms with Gasteiger partial charge in [-0.1, -0.05) is 6.92 Å². The Morgan fingerprint density at radius 1 is 1.26 bits per heavy atom. The van der Waals surface area contributed by atoms with Crippen molar-refractivity contribution in [3.05, 3.63) is 17.6 Å². The number of aliphatic hydroxyl groups excluding tert-OH is 1. The van der Waals surface area contributed by atoms with Crippen LogP contribution in [0.1, 0.15) is 36.6 Å². The van der Waals surface area contributed by atoms with E-state index < -0.39 is 6.10 Å². The van der Waals surface area contributed by atoms with Crippen LogP contribution in [-0.2, 0) is 0 Å². The van der Waals surface area contributed by atoms with Gasteiger partial charge in [0.1, 0.15) is 12.1 Å². The molecule has 0 radical (unpaired) electrons. The molecule has 0 spiro atoms. The van der Waals surface area contributed by atoms with Crippen molar-refractivity contribution in [1.82, 2.24) is 15.3 Å². The molecule has 1 fully saturated rings. The van der Waals surface area contributed by atoms with E-state index in [2.05, 4.69) is 27.1 Å². The molecule has 2 N–H and O–H groups in total. The molecule has 1 aliphatic heterocycles. The molecule has 5 nitrogen and oxygen atoms in total. The van der Waals surface area contributed by atoms with Gasteiger partial charge >= 0.3 is 0 Å². The summed E-state index contributed by atoms with van der Waals surface area (Å²) in [6.45, 7) is 6.09. The van der Waals surface area contributed by atoms with Gasteiger partial charge in [0.25, 0.3) is 0 Å². The van der Waals surface area contributed by atoms with Gasteiger partial charge in [-0.05, 0) is 12.3 Å². The predicted molar refractivity (Wildman–Crippen MR) is 79.6 cm³/mol. The third-order valence-corrected chi connectivity index (χ3v) is 3.70. The molecular weight excluding hydrogens is 287 g/mol. The number of halogens is 2. The van der Waals surface area contributed by atoms with Crippen LogP contribution in [0.25, 0.3) is 0 Å². The highest BCUT2D eigenvalue weighted by atomic mass is 35.5. The predicted octanol–water partition coefficient (Wildman–Crippen LogP) is 1.27. The van der Waals surface area contributed by atoms with Gasteiger partial charge < -0.3 is 15.3 Å². The number of rotatable bonds is 1. The van der Waals surface area contributed by atoms with Crippen molar-refractivity contribution in [1.29, 1.82) is 0 Å². The van der Waals surface area contributed by atoms with Gasteiger partial charge in [0, 0.05) is 31.7 Å². The Morgan fingerprint density at radius 3 is 2.63 bits per heavy atom. The topological polar surface area (TPSA) is 61.3 Å². The lowest BCUT2D eigenvalue weighted by atomic mass is 10.1. The third kappa shape index (κ3) is 2.94. The summed E-state index contributed by atoms with van der Waals surface area (Å²) in [5.41, 5.74) is 1.99. The molecule has 1 aromatic heterocycles. The highest BCUT2D eigenvalue weighted by molar-refractivity contribution is 5.85. The molecule has 7 heteroatoms. The second-order valence-electron chi connectivity index (χ2n) is 4.89. The summed E-state index contributed by atoms with van der Waals surface area (Å²) in [5, 5.41) is 13.3. The van der Waals surface area contributed by atoms with Crippen LogP contribution in [0.5, 0.6) is 0 Å². The van der Waals surface area contributed by atoms with Gasteiger partial charge in [-0.3, -0.25) is 0 Å². The molecule has 2 aliphatic rings. The minimum atomic E-state index is -0.412. The van der Waals surface area contributed by atoms with E-state index >= 15 is 0 Å². The lowest BCUT2D eigenvalue weighted by Crippen LogP contribution is -2.44. The van der Waals surface area contributed by atoms with Gasteiger partial charge in [0.2, 0.25) is 0 Å². The van der Waals surface area contributed by atoms with Crippen LogP contribution in [0, 0.1) is 0 Å². The van der Waals surface area contributed by atoms with Gasteiger partial charge in [-0.25, -0.2) is 9.97 Å². The van der Waals surface area contributed by atoms with E-state index in [1.54, 1.807) is 6.33 Å². The maximum absolute atomic E-state index is 9.95. The quantitative estimate of drug-likeness (QED) is 0.818. The van der Waals surface area contributed by atoms with Gasteiger partial charge in [0.15, 0.2) is 0 Å². The summed E-state index contributed by atoms with van der Waals surface area (Å²) in [7, 11) is 0. The molecule has 2 heterocycles. The summed E-state index contributed by atoms with van der Waals surface area (Å²) in [5.74, 6) is 1.38. The second kappa shape index (κ2) is 6.70. The van der Waals surface area contributed by atoms with E-state index in [-0.39, 0.29) is 24.8 Å². The van der Waals surface area contributed by atoms with Crippen molar-refractivity contribution in [3.8, 4) is 0 Å². The molecule has 1 aliphatic carbocycles. The van der Waals surface area contributed by atoms with Crippen molar-refractivity contribution < 1.29 is 5.11 Å². The van der Waals surface area contributed by atoms with Gasteiger partial charge in [-0.15, -0.1) is 24.8 Å². The number of hydrogen-bond donors (Lipinski definition) is 2. The smallest absolute Gasteiger partial charge is 0.135 e. The highest BCUT2D eigenvalue weighted by Crippen LogP contribution is 2.42. The first-order valence-corrected chi connectivity index (χ1v) is 6.26. The van der Waals surface area contributed by atoms with Crippen molar-refractivity contribution in [3.63, 3.8) is 0 Å². The van der Waals surface area contributed by atoms with Crippen LogP contribution < -0.4 is 10.2 Å². The maximum Gasteiger partial charge on any atom is 0.135 e. The van der Waals surface area contributed by atoms with Crippen LogP contribution >= 0.6 is 24.8 Å². The fourth-order valence-electron chi connectivity index (χ4n) is 2.83. The number of piperazine rings is 1. The van der Waals surface area contributed by atoms with Crippen molar-refractivity contribution >= 4 is 30.6 Å². The lowest BCUT2D eigenvalue weighted by molar-refractivity contribution is 0.170. The summed E-state index contributed by atoms with van der Waals surface area (Å²) < 4.78 is 0. The first kappa shape index (κ1) is 16.4. The van der Waals surface area contributed by atoms with Crippen LogP contribution in [0.4, 0.5) is 5.82 Å². The molecule has 3 rings (SSSR count). The Bertz CT molecular complexity index is 426. The van der Waals surface area contributed by atoms with Crippen molar-refractivity contribution in [2.24, 2.45) is 0 Å². The Kier molecular flexibility index (Phi) is 5.80. The molecule has 2 atom stereocenters. The number of nitrogens with one attached hydrogen (secondary N) is 1. The van der Waals surface area contributed by atoms with Crippen LogP contribution in [-0.4, -0.2) is 41.3 Å². The molecule has 0 bridgehead atoms. The van der Waals surface area contributed by atoms with E-state index in [0.717, 1.165) is 49.7 Å². The zero-order chi connectivity index (χ0) is 11.8. The number of fused-ring (bicyclic) bond motifs is 1. The fourth-order valence-corrected chi connectivity index (χ4v) is 2.83. The number of aliphatic hydroxyl groups is 1. The minimum Gasteiger partial charge on any atom is -0.387 e. The van der Waals surface area contributed by atoms with E-state index in [1.807, 2.05) is 0 Å². The molecule has 1 aromatic rings. The normalized spacial score (nSPS) is 25.3. The average molecular weight is 307 g/mol. The number of anilines is 1. The first-order valence-electron chi connectivity index (χ1n) is 6.26. The lowest BCUT2D eigenvalue weighted by Gasteiger charge is -2.30. The average Bonchev–Trinajstić information content (AvgIpc) is 2.66. The van der Waals surface area contributed by atoms with Crippen molar-refractivity contribution in [2.75, 3.05) is 31.1 Å². The molecular formula is C12H20Cl2N4O. The summed E-state index contributed by atoms with van der Waals surface area (Å²) in [6.07, 6.45) is 1.94. The number of nitrogens with zero attached hydrogens (tertiary/aromatic N) is 3. The molecule has 1 saturated heterocycles. The molecule has 0 saturated carbocycles. The Labute approximate surface area is 125 Å². The summed E-state index contributed by atoms with van der Waals surface area (Å²) >= 11 is 0. The molecule has 0 amide bonds. The van der Waals surface area contributed by atoms with E-state index in [9.17, 15) is 5.11 Å². The monoisotopic (exact) mass is 306 g/mol. The van der Waals surface area contributed by atoms with Gasteiger partial charge in [-0.2, -0.15) is 0 Å². The second-order valence-corrected chi connectivity index (χ2v) is 4.89. The molecule has 19 heavy (non-hydrogen) atoms. The van der Waals surface area contributed by atoms with Crippen LogP contribution in [0.2, 0.25) is 0 Å². The van der Waals surface area contributed by atoms with Gasteiger partial charge in [0.05, 0.1) is 11.8 Å². The zero-order valence-corrected chi connectivity index (χ0v) is 12.5. The standard InChI is InChI=1S/C12H18N4O.2ClH/c1-8-6-9(17)11-10(8)12(15-7-14-11)16-4-2-13-3-5-16;;/h7-9,13,17H,2-6H2,1H3;2*1H. The molecule has 2 unspecified atom stereocenters. The number of aromatic nitrogens is 2. The maximum atomic E-state index is 9.95. The Balaban J connectivity index is 0.000000902. The third-order valence-electron chi connectivity index (χ3n) is 3.70. The van der Waals surface area contributed by atoms with Crippen molar-refractivity contribution in [2.45, 2.75) is 25.4 Å². The van der Waals surface area contributed by atoms with E-state index in [1.165, 1.54) is 0 Å². The molecule has 0 aromatic carbocycles. The minimum absolute atomic E-state index is 0. The fraction of sp³-hybridized carbons (Fsp3) is 0.667.